The van der Waals surface area contributed by atoms with Crippen molar-refractivity contribution in [2.24, 2.45) is 0 Å². The van der Waals surface area contributed by atoms with Gasteiger partial charge < -0.3 is 9.73 Å². The average molecular weight is 284 g/mol. The molecule has 1 amide bonds. The minimum Gasteiger partial charge on any atom is -0.435 e. The second kappa shape index (κ2) is 3.70. The van der Waals surface area contributed by atoms with Crippen LogP contribution in [0.1, 0.15) is 19.4 Å². The van der Waals surface area contributed by atoms with E-state index in [0.29, 0.717) is 11.5 Å². The minimum absolute atomic E-state index is 0.0126. The van der Waals surface area contributed by atoms with E-state index in [-0.39, 0.29) is 5.91 Å². The number of nitrogens with zero attached hydrogens (tertiary/aromatic N) is 1. The Kier molecular flexibility index (Phi) is 2.16. The molecule has 0 saturated carbocycles. The molecule has 1 aliphatic heterocycles. The van der Waals surface area contributed by atoms with Crippen LogP contribution in [0.2, 0.25) is 0 Å². The molecule has 4 nitrogen and oxygen atoms in total. The van der Waals surface area contributed by atoms with Crippen molar-refractivity contribution in [1.29, 1.82) is 0 Å². The Balaban J connectivity index is 1.93. The number of carbonyl (C=O) groups excluding carboxylic acids is 1. The summed E-state index contributed by atoms with van der Waals surface area (Å²) in [5.74, 6) is 0.640. The summed E-state index contributed by atoms with van der Waals surface area (Å²) >= 11 is 1.59. The third kappa shape index (κ3) is 1.47. The number of amides is 1. The number of aromatic nitrogens is 1. The number of carbonyl (C=O) groups is 1. The van der Waals surface area contributed by atoms with Gasteiger partial charge in [-0.3, -0.25) is 4.79 Å². The van der Waals surface area contributed by atoms with Crippen LogP contribution in [0.25, 0.3) is 21.9 Å². The number of benzene rings is 1. The Morgan fingerprint density at radius 3 is 2.95 bits per heavy atom. The van der Waals surface area contributed by atoms with E-state index in [2.05, 4.69) is 10.3 Å². The van der Waals surface area contributed by atoms with Crippen LogP contribution in [0.5, 0.6) is 0 Å². The first-order valence-corrected chi connectivity index (χ1v) is 7.24. The van der Waals surface area contributed by atoms with Crippen LogP contribution in [0.4, 0.5) is 5.69 Å². The molecule has 4 rings (SSSR count). The number of fused-ring (bicyclic) bond motifs is 2. The van der Waals surface area contributed by atoms with Gasteiger partial charge in [0.25, 0.3) is 0 Å². The average Bonchev–Trinajstić information content (AvgIpc) is 3.08. The Morgan fingerprint density at radius 2 is 2.20 bits per heavy atom. The van der Waals surface area contributed by atoms with Gasteiger partial charge >= 0.3 is 0 Å². The van der Waals surface area contributed by atoms with Gasteiger partial charge in [-0.1, -0.05) is 6.07 Å². The predicted octanol–water partition coefficient (Wildman–Crippen LogP) is 3.79. The van der Waals surface area contributed by atoms with E-state index in [1.54, 1.807) is 11.3 Å². The fourth-order valence-corrected chi connectivity index (χ4v) is 3.15. The standard InChI is InChI=1S/C15H12N2O2S/c1-15(2)8-6-10-11(7-9(8)17-14(15)18)19-13(16-10)12-4-3-5-20-12/h3-7H,1-2H3,(H,17,18). The van der Waals surface area contributed by atoms with Crippen molar-refractivity contribution >= 4 is 34.0 Å². The quantitative estimate of drug-likeness (QED) is 0.739. The van der Waals surface area contributed by atoms with Gasteiger partial charge in [-0.15, -0.1) is 11.3 Å². The van der Waals surface area contributed by atoms with Crippen molar-refractivity contribution in [3.05, 3.63) is 35.2 Å². The summed E-state index contributed by atoms with van der Waals surface area (Å²) in [5, 5.41) is 4.89. The largest absolute Gasteiger partial charge is 0.435 e. The Labute approximate surface area is 119 Å². The highest BCUT2D eigenvalue weighted by molar-refractivity contribution is 7.13. The molecule has 5 heteroatoms. The van der Waals surface area contributed by atoms with E-state index in [4.69, 9.17) is 4.42 Å². The molecule has 3 heterocycles. The highest BCUT2D eigenvalue weighted by Crippen LogP contribution is 2.40. The van der Waals surface area contributed by atoms with Crippen LogP contribution in [0, 0.1) is 0 Å². The topological polar surface area (TPSA) is 55.1 Å². The predicted molar refractivity (Wildman–Crippen MR) is 79.0 cm³/mol. The summed E-state index contributed by atoms with van der Waals surface area (Å²) < 4.78 is 5.79. The maximum atomic E-state index is 11.9. The van der Waals surface area contributed by atoms with Crippen LogP contribution >= 0.6 is 11.3 Å². The Morgan fingerprint density at radius 1 is 1.35 bits per heavy atom. The first-order valence-electron chi connectivity index (χ1n) is 6.36. The molecular formula is C15H12N2O2S. The highest BCUT2D eigenvalue weighted by atomic mass is 32.1. The number of nitrogens with one attached hydrogen (secondary N) is 1. The molecule has 0 spiro atoms. The third-order valence-corrected chi connectivity index (χ3v) is 4.61. The fourth-order valence-electron chi connectivity index (χ4n) is 2.50. The van der Waals surface area contributed by atoms with E-state index in [9.17, 15) is 4.79 Å². The molecule has 1 aliphatic rings. The number of anilines is 1. The van der Waals surface area contributed by atoms with Crippen molar-refractivity contribution in [1.82, 2.24) is 4.98 Å². The lowest BCUT2D eigenvalue weighted by atomic mass is 9.86. The number of hydrogen-bond donors (Lipinski definition) is 1. The lowest BCUT2D eigenvalue weighted by Gasteiger charge is -2.14. The van der Waals surface area contributed by atoms with Crippen molar-refractivity contribution in [3.63, 3.8) is 0 Å². The van der Waals surface area contributed by atoms with Gasteiger partial charge in [0, 0.05) is 11.8 Å². The first kappa shape index (κ1) is 11.7. The maximum absolute atomic E-state index is 11.9. The summed E-state index contributed by atoms with van der Waals surface area (Å²) in [6, 6.07) is 7.76. The monoisotopic (exact) mass is 284 g/mol. The normalized spacial score (nSPS) is 16.4. The zero-order chi connectivity index (χ0) is 13.9. The van der Waals surface area contributed by atoms with Crippen LogP contribution in [0.15, 0.2) is 34.1 Å². The molecule has 0 radical (unpaired) electrons. The van der Waals surface area contributed by atoms with Crippen LogP contribution in [-0.4, -0.2) is 10.9 Å². The maximum Gasteiger partial charge on any atom is 0.237 e. The SMILES string of the molecule is CC1(C)C(=O)Nc2cc3oc(-c4cccs4)nc3cc21. The van der Waals surface area contributed by atoms with Crippen molar-refractivity contribution in [3.8, 4) is 10.8 Å². The van der Waals surface area contributed by atoms with Crippen molar-refractivity contribution in [2.75, 3.05) is 5.32 Å². The molecule has 3 aromatic rings. The smallest absolute Gasteiger partial charge is 0.237 e. The lowest BCUT2D eigenvalue weighted by molar-refractivity contribution is -0.119. The summed E-state index contributed by atoms with van der Waals surface area (Å²) in [6.07, 6.45) is 0. The molecule has 2 aromatic heterocycles. The van der Waals surface area contributed by atoms with E-state index < -0.39 is 5.41 Å². The number of rotatable bonds is 1. The van der Waals surface area contributed by atoms with Crippen LogP contribution in [0.3, 0.4) is 0 Å². The first-order chi connectivity index (χ1) is 9.55. The summed E-state index contributed by atoms with van der Waals surface area (Å²) in [4.78, 5) is 17.5. The number of oxazole rings is 1. The molecule has 100 valence electrons. The molecule has 0 unspecified atom stereocenters. The second-order valence-electron chi connectivity index (χ2n) is 5.44. The molecule has 0 bridgehead atoms. The van der Waals surface area contributed by atoms with E-state index in [1.807, 2.05) is 43.5 Å². The third-order valence-electron chi connectivity index (χ3n) is 3.75. The molecule has 0 atom stereocenters. The lowest BCUT2D eigenvalue weighted by Crippen LogP contribution is -2.26. The van der Waals surface area contributed by atoms with E-state index >= 15 is 0 Å². The summed E-state index contributed by atoms with van der Waals surface area (Å²) in [7, 11) is 0. The zero-order valence-corrected chi connectivity index (χ0v) is 11.9. The minimum atomic E-state index is -0.522. The Bertz CT molecular complexity index is 831. The van der Waals surface area contributed by atoms with Crippen molar-refractivity contribution < 1.29 is 9.21 Å². The molecule has 1 N–H and O–H groups in total. The summed E-state index contributed by atoms with van der Waals surface area (Å²) in [5.41, 5.74) is 2.76. The van der Waals surface area contributed by atoms with Gasteiger partial charge in [0.15, 0.2) is 5.58 Å². The van der Waals surface area contributed by atoms with E-state index in [1.165, 1.54) is 0 Å². The van der Waals surface area contributed by atoms with Gasteiger partial charge in [-0.25, -0.2) is 4.98 Å². The Hall–Kier alpha value is -2.14. The number of thiophene rings is 1. The van der Waals surface area contributed by atoms with Gasteiger partial charge in [0.05, 0.1) is 10.3 Å². The molecule has 20 heavy (non-hydrogen) atoms. The molecule has 0 fully saturated rings. The number of hydrogen-bond acceptors (Lipinski definition) is 4. The zero-order valence-electron chi connectivity index (χ0n) is 11.1. The highest BCUT2D eigenvalue weighted by Gasteiger charge is 2.39. The molecular weight excluding hydrogens is 272 g/mol. The summed E-state index contributed by atoms with van der Waals surface area (Å²) in [6.45, 7) is 3.83. The van der Waals surface area contributed by atoms with Gasteiger partial charge in [0.2, 0.25) is 11.8 Å². The van der Waals surface area contributed by atoms with E-state index in [0.717, 1.165) is 21.6 Å². The molecule has 0 aliphatic carbocycles. The van der Waals surface area contributed by atoms with Crippen LogP contribution in [-0.2, 0) is 10.2 Å². The van der Waals surface area contributed by atoms with Crippen molar-refractivity contribution in [2.45, 2.75) is 19.3 Å². The van der Waals surface area contributed by atoms with Gasteiger partial charge in [-0.2, -0.15) is 0 Å². The molecule has 1 aromatic carbocycles. The fraction of sp³-hybridized carbons (Fsp3) is 0.200. The second-order valence-corrected chi connectivity index (χ2v) is 6.39. The van der Waals surface area contributed by atoms with Crippen LogP contribution < -0.4 is 5.32 Å². The molecule has 0 saturated heterocycles. The van der Waals surface area contributed by atoms with Gasteiger partial charge in [-0.05, 0) is 36.9 Å². The van der Waals surface area contributed by atoms with Gasteiger partial charge in [0.1, 0.15) is 5.52 Å².